The predicted molar refractivity (Wildman–Crippen MR) is 100.0 cm³/mol. The molecule has 2 saturated heterocycles. The van der Waals surface area contributed by atoms with Gasteiger partial charge in [-0.3, -0.25) is 0 Å². The molecule has 2 fully saturated rings. The second-order valence-corrected chi connectivity index (χ2v) is 7.21. The standard InChI is InChI=1S/C15H14ClN5O.C2HF3O2/c16-7-1-2-11-10(3-7)12-13(22-11)14(20-15(17)19-12)21-6-8-4-9(21)5-18-8;3-2(4,5)1(6)7/h1-3,8-9,18H,4-6H2,(H2,17,19,20);(H,6,7)/t8-,9-;/m1./s1. The summed E-state index contributed by atoms with van der Waals surface area (Å²) in [4.78, 5) is 20.0. The van der Waals surface area contributed by atoms with E-state index < -0.39 is 12.1 Å². The molecular formula is C17H15ClF3N5O3. The van der Waals surface area contributed by atoms with Gasteiger partial charge >= 0.3 is 12.1 Å². The molecule has 12 heteroatoms. The van der Waals surface area contributed by atoms with E-state index in [1.807, 2.05) is 18.2 Å². The minimum Gasteiger partial charge on any atom is -0.475 e. The second-order valence-electron chi connectivity index (χ2n) is 6.78. The van der Waals surface area contributed by atoms with Gasteiger partial charge in [0.05, 0.1) is 0 Å². The van der Waals surface area contributed by atoms with Crippen LogP contribution in [-0.4, -0.2) is 52.4 Å². The maximum absolute atomic E-state index is 10.6. The van der Waals surface area contributed by atoms with Crippen molar-refractivity contribution in [3.63, 3.8) is 0 Å². The van der Waals surface area contributed by atoms with Gasteiger partial charge in [0.2, 0.25) is 5.95 Å². The number of furan rings is 1. The van der Waals surface area contributed by atoms with Crippen molar-refractivity contribution in [3.05, 3.63) is 23.2 Å². The van der Waals surface area contributed by atoms with Crippen molar-refractivity contribution in [2.75, 3.05) is 23.7 Å². The Labute approximate surface area is 166 Å². The number of benzene rings is 1. The van der Waals surface area contributed by atoms with E-state index in [1.54, 1.807) is 0 Å². The van der Waals surface area contributed by atoms with Crippen molar-refractivity contribution in [3.8, 4) is 0 Å². The third kappa shape index (κ3) is 3.62. The number of nitrogens with two attached hydrogens (primary N) is 1. The summed E-state index contributed by atoms with van der Waals surface area (Å²) in [7, 11) is 0. The molecule has 154 valence electrons. The van der Waals surface area contributed by atoms with Gasteiger partial charge in [0, 0.05) is 35.6 Å². The van der Waals surface area contributed by atoms with E-state index in [0.717, 1.165) is 41.8 Å². The Balaban J connectivity index is 0.000000255. The number of carboxylic acids is 1. The van der Waals surface area contributed by atoms with Crippen molar-refractivity contribution in [1.82, 2.24) is 15.3 Å². The first kappa shape index (κ1) is 19.5. The molecule has 0 amide bonds. The van der Waals surface area contributed by atoms with Gasteiger partial charge in [-0.25, -0.2) is 9.78 Å². The maximum atomic E-state index is 10.6. The zero-order valence-electron chi connectivity index (χ0n) is 14.7. The lowest BCUT2D eigenvalue weighted by atomic mass is 10.2. The van der Waals surface area contributed by atoms with Crippen LogP contribution in [-0.2, 0) is 4.79 Å². The van der Waals surface area contributed by atoms with E-state index in [0.29, 0.717) is 22.7 Å². The molecule has 2 aliphatic heterocycles. The van der Waals surface area contributed by atoms with Crippen LogP contribution in [0.25, 0.3) is 22.1 Å². The normalized spacial score (nSPS) is 20.9. The SMILES string of the molecule is Nc1nc(N2C[C@H]3C[C@@H]2CN3)c2oc3ccc(Cl)cc3c2n1.O=C(O)C(F)(F)F. The van der Waals surface area contributed by atoms with E-state index in [4.69, 9.17) is 31.7 Å². The summed E-state index contributed by atoms with van der Waals surface area (Å²) in [5.74, 6) is -1.70. The molecule has 0 spiro atoms. The fourth-order valence-corrected chi connectivity index (χ4v) is 3.81. The number of carbonyl (C=O) groups is 1. The van der Waals surface area contributed by atoms with Crippen LogP contribution in [0.1, 0.15) is 6.42 Å². The van der Waals surface area contributed by atoms with E-state index >= 15 is 0 Å². The first-order chi connectivity index (χ1) is 13.6. The van der Waals surface area contributed by atoms with Crippen molar-refractivity contribution in [2.24, 2.45) is 0 Å². The molecule has 0 saturated carbocycles. The number of halogens is 4. The quantitative estimate of drug-likeness (QED) is 0.540. The number of nitrogens with zero attached hydrogens (tertiary/aromatic N) is 3. The molecule has 3 aromatic rings. The number of carboxylic acid groups (broad SMARTS) is 1. The van der Waals surface area contributed by atoms with Crippen LogP contribution >= 0.6 is 11.6 Å². The molecular weight excluding hydrogens is 415 g/mol. The number of aliphatic carboxylic acids is 1. The van der Waals surface area contributed by atoms with E-state index in [-0.39, 0.29) is 5.95 Å². The Kier molecular flexibility index (Phi) is 4.66. The molecule has 8 nitrogen and oxygen atoms in total. The van der Waals surface area contributed by atoms with Gasteiger partial charge in [0.15, 0.2) is 11.4 Å². The molecule has 0 radical (unpaired) electrons. The smallest absolute Gasteiger partial charge is 0.475 e. The predicted octanol–water partition coefficient (Wildman–Crippen LogP) is 2.80. The number of hydrogen-bond acceptors (Lipinski definition) is 7. The summed E-state index contributed by atoms with van der Waals surface area (Å²) >= 11 is 6.10. The van der Waals surface area contributed by atoms with Crippen LogP contribution in [0, 0.1) is 0 Å². The zero-order valence-corrected chi connectivity index (χ0v) is 15.5. The van der Waals surface area contributed by atoms with Gasteiger partial charge in [0.1, 0.15) is 11.1 Å². The second kappa shape index (κ2) is 6.92. The summed E-state index contributed by atoms with van der Waals surface area (Å²) < 4.78 is 37.7. The number of hydrogen-bond donors (Lipinski definition) is 3. The minimum absolute atomic E-state index is 0.265. The highest BCUT2D eigenvalue weighted by molar-refractivity contribution is 6.31. The van der Waals surface area contributed by atoms with Crippen LogP contribution in [0.4, 0.5) is 24.9 Å². The lowest BCUT2D eigenvalue weighted by Gasteiger charge is -2.28. The van der Waals surface area contributed by atoms with Gasteiger partial charge in [-0.2, -0.15) is 18.2 Å². The van der Waals surface area contributed by atoms with Gasteiger partial charge in [-0.15, -0.1) is 0 Å². The van der Waals surface area contributed by atoms with Gasteiger partial charge in [-0.05, 0) is 24.6 Å². The van der Waals surface area contributed by atoms with Gasteiger partial charge in [-0.1, -0.05) is 11.6 Å². The van der Waals surface area contributed by atoms with Crippen molar-refractivity contribution >= 4 is 51.4 Å². The summed E-state index contributed by atoms with van der Waals surface area (Å²) in [6.07, 6.45) is -3.95. The molecule has 1 aromatic carbocycles. The highest BCUT2D eigenvalue weighted by Gasteiger charge is 2.40. The summed E-state index contributed by atoms with van der Waals surface area (Å²) in [5, 5.41) is 12.1. The number of nitrogen functional groups attached to an aromatic ring is 1. The monoisotopic (exact) mass is 429 g/mol. The average Bonchev–Trinajstić information content (AvgIpc) is 3.35. The maximum Gasteiger partial charge on any atom is 0.490 e. The summed E-state index contributed by atoms with van der Waals surface area (Å²) in [6, 6.07) is 6.49. The molecule has 2 aromatic heterocycles. The molecule has 4 N–H and O–H groups in total. The third-order valence-electron chi connectivity index (χ3n) is 4.84. The Hall–Kier alpha value is -2.79. The highest BCUT2D eigenvalue weighted by Crippen LogP contribution is 2.38. The van der Waals surface area contributed by atoms with E-state index in [2.05, 4.69) is 20.2 Å². The summed E-state index contributed by atoms with van der Waals surface area (Å²) in [6.45, 7) is 1.90. The number of rotatable bonds is 1. The number of alkyl halides is 3. The zero-order chi connectivity index (χ0) is 20.9. The van der Waals surface area contributed by atoms with Crippen LogP contribution in [0.2, 0.25) is 5.02 Å². The number of nitrogens with one attached hydrogen (secondary N) is 1. The Morgan fingerprint density at radius 1 is 1.38 bits per heavy atom. The molecule has 5 rings (SSSR count). The number of aromatic nitrogens is 2. The first-order valence-electron chi connectivity index (χ1n) is 8.59. The molecule has 2 aliphatic rings. The van der Waals surface area contributed by atoms with Crippen molar-refractivity contribution < 1.29 is 27.5 Å². The molecule has 2 atom stereocenters. The molecule has 0 aliphatic carbocycles. The minimum atomic E-state index is -5.08. The van der Waals surface area contributed by atoms with Crippen LogP contribution < -0.4 is 16.0 Å². The van der Waals surface area contributed by atoms with Crippen LogP contribution in [0.15, 0.2) is 22.6 Å². The van der Waals surface area contributed by atoms with Gasteiger partial charge < -0.3 is 25.5 Å². The van der Waals surface area contributed by atoms with Crippen LogP contribution in [0.3, 0.4) is 0 Å². The highest BCUT2D eigenvalue weighted by atomic mass is 35.5. The molecule has 0 unspecified atom stereocenters. The fraction of sp³-hybridized carbons (Fsp3) is 0.353. The Morgan fingerprint density at radius 3 is 2.69 bits per heavy atom. The lowest BCUT2D eigenvalue weighted by Crippen LogP contribution is -2.44. The number of piperazine rings is 1. The van der Waals surface area contributed by atoms with E-state index in [1.165, 1.54) is 0 Å². The van der Waals surface area contributed by atoms with Gasteiger partial charge in [0.25, 0.3) is 0 Å². The number of anilines is 2. The van der Waals surface area contributed by atoms with Crippen LogP contribution in [0.5, 0.6) is 0 Å². The van der Waals surface area contributed by atoms with E-state index in [9.17, 15) is 13.2 Å². The average molecular weight is 430 g/mol. The number of fused-ring (bicyclic) bond motifs is 5. The van der Waals surface area contributed by atoms with Crippen molar-refractivity contribution in [1.29, 1.82) is 0 Å². The topological polar surface area (TPSA) is 118 Å². The lowest BCUT2D eigenvalue weighted by molar-refractivity contribution is -0.192. The van der Waals surface area contributed by atoms with Crippen molar-refractivity contribution in [2.45, 2.75) is 24.7 Å². The Bertz CT molecular complexity index is 1100. The molecule has 2 bridgehead atoms. The third-order valence-corrected chi connectivity index (χ3v) is 5.08. The summed E-state index contributed by atoms with van der Waals surface area (Å²) in [5.41, 5.74) is 8.12. The first-order valence-corrected chi connectivity index (χ1v) is 8.96. The molecule has 29 heavy (non-hydrogen) atoms. The largest absolute Gasteiger partial charge is 0.490 e. The Morgan fingerprint density at radius 2 is 2.10 bits per heavy atom. The fourth-order valence-electron chi connectivity index (χ4n) is 3.63. The molecule has 4 heterocycles.